The summed E-state index contributed by atoms with van der Waals surface area (Å²) in [4.78, 5) is 15.7. The van der Waals surface area contributed by atoms with E-state index in [2.05, 4.69) is 20.9 Å². The van der Waals surface area contributed by atoms with Gasteiger partial charge in [-0.05, 0) is 46.3 Å². The second-order valence-electron chi connectivity index (χ2n) is 4.57. The molecule has 0 unspecified atom stereocenters. The van der Waals surface area contributed by atoms with Gasteiger partial charge in [0.2, 0.25) is 0 Å². The van der Waals surface area contributed by atoms with E-state index in [9.17, 15) is 9.18 Å². The van der Waals surface area contributed by atoms with Crippen LogP contribution in [0.1, 0.15) is 15.9 Å². The number of aromatic amines is 1. The fourth-order valence-electron chi connectivity index (χ4n) is 2.17. The van der Waals surface area contributed by atoms with Gasteiger partial charge in [-0.25, -0.2) is 4.39 Å². The zero-order valence-electron chi connectivity index (χ0n) is 10.6. The van der Waals surface area contributed by atoms with Gasteiger partial charge in [-0.15, -0.1) is 0 Å². The molecule has 0 saturated heterocycles. The molecule has 1 aromatic heterocycles. The number of anilines is 1. The number of nitrogens with two attached hydrogens (primary N) is 1. The lowest BCUT2D eigenvalue weighted by atomic mass is 10.0. The monoisotopic (exact) mass is 366 g/mol. The highest BCUT2D eigenvalue weighted by atomic mass is 79.9. The minimum atomic E-state index is -0.569. The highest BCUT2D eigenvalue weighted by Crippen LogP contribution is 2.29. The highest BCUT2D eigenvalue weighted by Gasteiger charge is 2.18. The number of carbonyl (C=O) groups is 1. The van der Waals surface area contributed by atoms with Crippen LogP contribution in [0.5, 0.6) is 0 Å². The summed E-state index contributed by atoms with van der Waals surface area (Å²) in [6, 6.07) is 7.75. The third-order valence-corrected chi connectivity index (χ3v) is 4.11. The molecule has 3 N–H and O–H groups in total. The van der Waals surface area contributed by atoms with Crippen molar-refractivity contribution in [3.63, 3.8) is 0 Å². The standard InChI is InChI=1S/C15H9BrClFN2O/c16-11-5-12(18)13(19)4-9(11)15(21)10-6-20-14-2-1-7(17)3-8(10)14/h1-6,20H,19H2. The predicted octanol–water partition coefficient (Wildman–Crippen LogP) is 4.54. The lowest BCUT2D eigenvalue weighted by Gasteiger charge is -2.05. The molecule has 0 amide bonds. The maximum atomic E-state index is 13.4. The lowest BCUT2D eigenvalue weighted by molar-refractivity contribution is 0.103. The highest BCUT2D eigenvalue weighted by molar-refractivity contribution is 9.10. The summed E-state index contributed by atoms with van der Waals surface area (Å²) < 4.78 is 13.7. The largest absolute Gasteiger partial charge is 0.396 e. The number of rotatable bonds is 2. The molecule has 6 heteroatoms. The SMILES string of the molecule is Nc1cc(C(=O)c2c[nH]c3ccc(Cl)cc23)c(Br)cc1F. The molecule has 3 aromatic rings. The van der Waals surface area contributed by atoms with Crippen LogP contribution in [-0.4, -0.2) is 10.8 Å². The third kappa shape index (κ3) is 2.43. The van der Waals surface area contributed by atoms with E-state index in [-0.39, 0.29) is 11.5 Å². The predicted molar refractivity (Wildman–Crippen MR) is 85.3 cm³/mol. The number of nitrogen functional groups attached to an aromatic ring is 1. The van der Waals surface area contributed by atoms with Crippen LogP contribution >= 0.6 is 27.5 Å². The molecule has 106 valence electrons. The smallest absolute Gasteiger partial charge is 0.196 e. The van der Waals surface area contributed by atoms with Crippen molar-refractivity contribution >= 4 is 49.9 Å². The Hall–Kier alpha value is -1.85. The molecule has 2 aromatic carbocycles. The van der Waals surface area contributed by atoms with E-state index >= 15 is 0 Å². The van der Waals surface area contributed by atoms with E-state index in [1.54, 1.807) is 24.4 Å². The van der Waals surface area contributed by atoms with E-state index < -0.39 is 5.82 Å². The molecule has 0 spiro atoms. The molecule has 0 aliphatic carbocycles. The van der Waals surface area contributed by atoms with Crippen LogP contribution in [0.15, 0.2) is 41.0 Å². The lowest BCUT2D eigenvalue weighted by Crippen LogP contribution is -2.04. The first-order valence-corrected chi connectivity index (χ1v) is 7.20. The van der Waals surface area contributed by atoms with Crippen LogP contribution in [0.3, 0.4) is 0 Å². The van der Waals surface area contributed by atoms with E-state index in [0.717, 1.165) is 5.52 Å². The number of fused-ring (bicyclic) bond motifs is 1. The Balaban J connectivity index is 2.17. The Bertz CT molecular complexity index is 875. The Morgan fingerprint density at radius 1 is 1.24 bits per heavy atom. The minimum absolute atomic E-state index is 0.0700. The molecular formula is C15H9BrClFN2O. The van der Waals surface area contributed by atoms with Crippen LogP contribution in [-0.2, 0) is 0 Å². The molecule has 0 aliphatic rings. The molecule has 0 bridgehead atoms. The van der Waals surface area contributed by atoms with Gasteiger partial charge < -0.3 is 10.7 Å². The molecule has 21 heavy (non-hydrogen) atoms. The molecule has 0 fully saturated rings. The summed E-state index contributed by atoms with van der Waals surface area (Å²) in [5, 5.41) is 1.25. The summed E-state index contributed by atoms with van der Waals surface area (Å²) in [5.74, 6) is -0.831. The van der Waals surface area contributed by atoms with Crippen LogP contribution in [0.2, 0.25) is 5.02 Å². The molecule has 1 heterocycles. The van der Waals surface area contributed by atoms with Crippen LogP contribution < -0.4 is 5.73 Å². The van der Waals surface area contributed by atoms with Gasteiger partial charge >= 0.3 is 0 Å². The van der Waals surface area contributed by atoms with Crippen LogP contribution in [0, 0.1) is 5.82 Å². The van der Waals surface area contributed by atoms with Crippen molar-refractivity contribution in [1.29, 1.82) is 0 Å². The summed E-state index contributed by atoms with van der Waals surface area (Å²) in [7, 11) is 0. The third-order valence-electron chi connectivity index (χ3n) is 3.22. The second kappa shape index (κ2) is 5.16. The summed E-state index contributed by atoms with van der Waals surface area (Å²) in [5.41, 5.74) is 7.03. The molecular weight excluding hydrogens is 359 g/mol. The topological polar surface area (TPSA) is 58.9 Å². The molecule has 0 aliphatic heterocycles. The number of aromatic nitrogens is 1. The summed E-state index contributed by atoms with van der Waals surface area (Å²) >= 11 is 9.16. The fraction of sp³-hybridized carbons (Fsp3) is 0. The van der Waals surface area contributed by atoms with Crippen molar-refractivity contribution in [3.05, 3.63) is 63.0 Å². The Morgan fingerprint density at radius 2 is 2.00 bits per heavy atom. The van der Waals surface area contributed by atoms with Gasteiger partial charge in [-0.1, -0.05) is 11.6 Å². The zero-order valence-corrected chi connectivity index (χ0v) is 12.9. The molecule has 3 nitrogen and oxygen atoms in total. The second-order valence-corrected chi connectivity index (χ2v) is 5.87. The Kier molecular flexibility index (Phi) is 3.47. The average molecular weight is 368 g/mol. The van der Waals surface area contributed by atoms with E-state index in [4.69, 9.17) is 17.3 Å². The van der Waals surface area contributed by atoms with Gasteiger partial charge in [0, 0.05) is 37.7 Å². The van der Waals surface area contributed by atoms with Gasteiger partial charge in [0.25, 0.3) is 0 Å². The number of hydrogen-bond acceptors (Lipinski definition) is 2. The Morgan fingerprint density at radius 3 is 2.76 bits per heavy atom. The van der Waals surface area contributed by atoms with Gasteiger partial charge in [0.15, 0.2) is 5.78 Å². The molecule has 0 radical (unpaired) electrons. The fourth-order valence-corrected chi connectivity index (χ4v) is 2.83. The minimum Gasteiger partial charge on any atom is -0.396 e. The van der Waals surface area contributed by atoms with Gasteiger partial charge in [0.1, 0.15) is 5.82 Å². The number of benzene rings is 2. The van der Waals surface area contributed by atoms with E-state index in [0.29, 0.717) is 26.0 Å². The van der Waals surface area contributed by atoms with E-state index in [1.807, 2.05) is 0 Å². The van der Waals surface area contributed by atoms with Crippen molar-refractivity contribution in [2.75, 3.05) is 5.73 Å². The van der Waals surface area contributed by atoms with Crippen LogP contribution in [0.4, 0.5) is 10.1 Å². The average Bonchev–Trinajstić information content (AvgIpc) is 2.85. The number of carbonyl (C=O) groups excluding carboxylic acids is 1. The Labute approximate surface area is 133 Å². The first-order chi connectivity index (χ1) is 9.97. The first kappa shape index (κ1) is 14.1. The quantitative estimate of drug-likeness (QED) is 0.516. The molecule has 0 atom stereocenters. The van der Waals surface area contributed by atoms with Crippen molar-refractivity contribution in [3.8, 4) is 0 Å². The van der Waals surface area contributed by atoms with E-state index in [1.165, 1.54) is 12.1 Å². The first-order valence-electron chi connectivity index (χ1n) is 6.03. The number of hydrogen-bond donors (Lipinski definition) is 2. The van der Waals surface area contributed by atoms with Crippen molar-refractivity contribution in [2.45, 2.75) is 0 Å². The molecule has 0 saturated carbocycles. The maximum absolute atomic E-state index is 13.4. The molecule has 3 rings (SSSR count). The summed E-state index contributed by atoms with van der Waals surface area (Å²) in [6.45, 7) is 0. The number of ketones is 1. The summed E-state index contributed by atoms with van der Waals surface area (Å²) in [6.07, 6.45) is 1.61. The number of H-pyrrole nitrogens is 1. The maximum Gasteiger partial charge on any atom is 0.196 e. The van der Waals surface area contributed by atoms with Gasteiger partial charge in [0.05, 0.1) is 5.69 Å². The van der Waals surface area contributed by atoms with Crippen molar-refractivity contribution in [1.82, 2.24) is 4.98 Å². The number of halogens is 3. The van der Waals surface area contributed by atoms with Crippen LogP contribution in [0.25, 0.3) is 10.9 Å². The number of nitrogens with one attached hydrogen (secondary N) is 1. The zero-order chi connectivity index (χ0) is 15.1. The normalized spacial score (nSPS) is 11.0. The van der Waals surface area contributed by atoms with Gasteiger partial charge in [-0.2, -0.15) is 0 Å². The van der Waals surface area contributed by atoms with Gasteiger partial charge in [-0.3, -0.25) is 4.79 Å². The van der Waals surface area contributed by atoms with Crippen molar-refractivity contribution < 1.29 is 9.18 Å². The van der Waals surface area contributed by atoms with Crippen molar-refractivity contribution in [2.24, 2.45) is 0 Å².